The first-order chi connectivity index (χ1) is 7.82. The van der Waals surface area contributed by atoms with E-state index in [1.165, 1.54) is 0 Å². The van der Waals surface area contributed by atoms with Crippen molar-refractivity contribution in [1.29, 1.82) is 0 Å². The van der Waals surface area contributed by atoms with Crippen LogP contribution >= 0.6 is 0 Å². The number of nitrogens with zero attached hydrogens (tertiary/aromatic N) is 4. The Balaban J connectivity index is 3.20. The molecule has 1 aromatic rings. The third-order valence-electron chi connectivity index (χ3n) is 1.92. The van der Waals surface area contributed by atoms with E-state index in [1.807, 2.05) is 13.8 Å². The average molecular weight is 243 g/mol. The van der Waals surface area contributed by atoms with Gasteiger partial charge in [-0.2, -0.15) is 0 Å². The van der Waals surface area contributed by atoms with Crippen molar-refractivity contribution in [3.63, 3.8) is 0 Å². The maximum atomic E-state index is 11.9. The van der Waals surface area contributed by atoms with Gasteiger partial charge in [-0.15, -0.1) is 9.89 Å². The summed E-state index contributed by atoms with van der Waals surface area (Å²) in [6.07, 6.45) is 0. The van der Waals surface area contributed by atoms with Crippen molar-refractivity contribution in [1.82, 2.24) is 14.5 Å². The fourth-order valence-corrected chi connectivity index (χ4v) is 1.32. The number of aromatic nitrogens is 3. The van der Waals surface area contributed by atoms with Crippen LogP contribution < -0.4 is 16.0 Å². The fourth-order valence-electron chi connectivity index (χ4n) is 1.32. The molecule has 1 aromatic heterocycles. The Bertz CT molecular complexity index is 460. The molecule has 8 nitrogen and oxygen atoms in total. The van der Waals surface area contributed by atoms with Gasteiger partial charge in [0.15, 0.2) is 0 Å². The van der Waals surface area contributed by atoms with Crippen molar-refractivity contribution < 1.29 is 9.90 Å². The van der Waals surface area contributed by atoms with Crippen molar-refractivity contribution in [2.45, 2.75) is 26.4 Å². The van der Waals surface area contributed by atoms with Crippen molar-refractivity contribution in [3.05, 3.63) is 10.5 Å². The molecule has 96 valence electrons. The molecule has 0 radical (unpaired) electrons. The van der Waals surface area contributed by atoms with Crippen LogP contribution in [0.5, 0.6) is 0 Å². The minimum Gasteiger partial charge on any atom is -0.480 e. The van der Waals surface area contributed by atoms with Crippen molar-refractivity contribution in [2.24, 2.45) is 0 Å². The van der Waals surface area contributed by atoms with E-state index in [4.69, 9.17) is 5.11 Å². The Labute approximate surface area is 98.4 Å². The van der Waals surface area contributed by atoms with E-state index in [1.54, 1.807) is 19.0 Å². The number of hydrogen-bond donors (Lipinski definition) is 2. The van der Waals surface area contributed by atoms with Gasteiger partial charge in [0.2, 0.25) is 5.95 Å². The lowest BCUT2D eigenvalue weighted by molar-refractivity contribution is -0.137. The summed E-state index contributed by atoms with van der Waals surface area (Å²) in [5.41, 5.74) is 2.32. The molecule has 0 aliphatic carbocycles. The summed E-state index contributed by atoms with van der Waals surface area (Å²) in [5.74, 6) is -0.787. The van der Waals surface area contributed by atoms with E-state index in [9.17, 15) is 9.59 Å². The molecule has 0 saturated heterocycles. The van der Waals surface area contributed by atoms with Crippen LogP contribution in [0.2, 0.25) is 0 Å². The minimum atomic E-state index is -1.08. The number of aliphatic carboxylic acids is 1. The average Bonchev–Trinajstić information content (AvgIpc) is 2.45. The second kappa shape index (κ2) is 4.89. The largest absolute Gasteiger partial charge is 0.480 e. The predicted octanol–water partition coefficient (Wildman–Crippen LogP) is -0.853. The first kappa shape index (κ1) is 13.1. The quantitative estimate of drug-likeness (QED) is 0.699. The number of carboxylic acid groups (broad SMARTS) is 1. The van der Waals surface area contributed by atoms with Gasteiger partial charge in [-0.25, -0.2) is 9.36 Å². The van der Waals surface area contributed by atoms with Crippen molar-refractivity contribution >= 4 is 11.9 Å². The van der Waals surface area contributed by atoms with E-state index >= 15 is 0 Å². The van der Waals surface area contributed by atoms with Gasteiger partial charge >= 0.3 is 11.7 Å². The van der Waals surface area contributed by atoms with Gasteiger partial charge in [0.1, 0.15) is 6.54 Å². The summed E-state index contributed by atoms with van der Waals surface area (Å²) in [7, 11) is 3.39. The van der Waals surface area contributed by atoms with Crippen LogP contribution in [-0.2, 0) is 11.3 Å². The summed E-state index contributed by atoms with van der Waals surface area (Å²) in [6.45, 7) is 3.31. The van der Waals surface area contributed by atoms with Crippen molar-refractivity contribution in [3.8, 4) is 0 Å². The molecule has 0 bridgehead atoms. The molecule has 0 aliphatic rings. The highest BCUT2D eigenvalue weighted by Crippen LogP contribution is 2.03. The van der Waals surface area contributed by atoms with E-state index < -0.39 is 18.2 Å². The third-order valence-corrected chi connectivity index (χ3v) is 1.92. The molecule has 0 spiro atoms. The van der Waals surface area contributed by atoms with Crippen LogP contribution in [0.4, 0.5) is 5.95 Å². The molecule has 2 N–H and O–H groups in total. The number of carbonyl (C=O) groups is 1. The van der Waals surface area contributed by atoms with Crippen LogP contribution in [0.25, 0.3) is 0 Å². The summed E-state index contributed by atoms with van der Waals surface area (Å²) in [6, 6.07) is 0.0240. The second-order valence-electron chi connectivity index (χ2n) is 4.15. The minimum absolute atomic E-state index is 0.0240. The van der Waals surface area contributed by atoms with E-state index in [0.717, 1.165) is 9.36 Å². The Hall–Kier alpha value is -1.99. The molecule has 0 amide bonds. The number of anilines is 1. The first-order valence-electron chi connectivity index (χ1n) is 5.18. The lowest BCUT2D eigenvalue weighted by Crippen LogP contribution is -2.36. The molecule has 17 heavy (non-hydrogen) atoms. The van der Waals surface area contributed by atoms with Gasteiger partial charge in [-0.05, 0) is 13.8 Å². The molecule has 0 atom stereocenters. The molecular weight excluding hydrogens is 226 g/mol. The molecule has 0 fully saturated rings. The topological polar surface area (TPSA) is 92.4 Å². The molecule has 1 heterocycles. The lowest BCUT2D eigenvalue weighted by Gasteiger charge is -2.10. The van der Waals surface area contributed by atoms with Gasteiger partial charge < -0.3 is 15.4 Å². The zero-order chi connectivity index (χ0) is 13.2. The van der Waals surface area contributed by atoms with Gasteiger partial charge in [-0.3, -0.25) is 4.79 Å². The molecule has 8 heteroatoms. The monoisotopic (exact) mass is 243 g/mol. The van der Waals surface area contributed by atoms with Crippen molar-refractivity contribution in [2.75, 3.05) is 24.4 Å². The highest BCUT2D eigenvalue weighted by molar-refractivity contribution is 5.67. The Morgan fingerprint density at radius 2 is 2.12 bits per heavy atom. The summed E-state index contributed by atoms with van der Waals surface area (Å²) < 4.78 is 1.09. The number of rotatable bonds is 5. The lowest BCUT2D eigenvalue weighted by atomic mass is 10.4. The Kier molecular flexibility index (Phi) is 3.77. The highest BCUT2D eigenvalue weighted by Gasteiger charge is 2.17. The molecule has 1 rings (SSSR count). The zero-order valence-corrected chi connectivity index (χ0v) is 10.3. The first-order valence-corrected chi connectivity index (χ1v) is 5.18. The van der Waals surface area contributed by atoms with E-state index in [0.29, 0.717) is 5.95 Å². The number of nitrogens with one attached hydrogen (secondary N) is 1. The molecule has 0 aliphatic heterocycles. The summed E-state index contributed by atoms with van der Waals surface area (Å²) in [5, 5.41) is 12.8. The predicted molar refractivity (Wildman–Crippen MR) is 62.9 cm³/mol. The summed E-state index contributed by atoms with van der Waals surface area (Å²) >= 11 is 0. The van der Waals surface area contributed by atoms with Crippen LogP contribution in [0.1, 0.15) is 13.8 Å². The third kappa shape index (κ3) is 2.99. The van der Waals surface area contributed by atoms with E-state index in [2.05, 4.69) is 10.5 Å². The standard InChI is InChI=1S/C9H17N5O3/c1-6(2)10-14-9(17)13(5-7(15)16)8(11-14)12(3)4/h6,10H,5H2,1-4H3,(H,15,16). The molecule has 0 saturated carbocycles. The number of carboxylic acids is 1. The van der Waals surface area contributed by atoms with Gasteiger partial charge in [-0.1, -0.05) is 0 Å². The molecule has 0 aromatic carbocycles. The maximum absolute atomic E-state index is 11.9. The Morgan fingerprint density at radius 1 is 1.53 bits per heavy atom. The van der Waals surface area contributed by atoms with Crippen LogP contribution in [0, 0.1) is 0 Å². The van der Waals surface area contributed by atoms with Crippen LogP contribution in [0.15, 0.2) is 4.79 Å². The van der Waals surface area contributed by atoms with Gasteiger partial charge in [0.05, 0.1) is 0 Å². The highest BCUT2D eigenvalue weighted by atomic mass is 16.4. The SMILES string of the molecule is CC(C)Nn1nc(N(C)C)n(CC(=O)O)c1=O. The van der Waals surface area contributed by atoms with Crippen LogP contribution in [0.3, 0.4) is 0 Å². The van der Waals surface area contributed by atoms with Gasteiger partial charge in [0.25, 0.3) is 0 Å². The Morgan fingerprint density at radius 3 is 2.53 bits per heavy atom. The van der Waals surface area contributed by atoms with E-state index in [-0.39, 0.29) is 6.04 Å². The molecule has 0 unspecified atom stereocenters. The molecular formula is C9H17N5O3. The zero-order valence-electron chi connectivity index (χ0n) is 10.3. The second-order valence-corrected chi connectivity index (χ2v) is 4.15. The van der Waals surface area contributed by atoms with Crippen LogP contribution in [-0.4, -0.2) is 45.7 Å². The fraction of sp³-hybridized carbons (Fsp3) is 0.667. The summed E-state index contributed by atoms with van der Waals surface area (Å²) in [4.78, 5) is 25.2. The smallest absolute Gasteiger partial charge is 0.367 e. The van der Waals surface area contributed by atoms with Gasteiger partial charge in [0, 0.05) is 20.1 Å². The maximum Gasteiger partial charge on any atom is 0.367 e. The normalized spacial score (nSPS) is 10.6. The number of hydrogen-bond acceptors (Lipinski definition) is 5.